The van der Waals surface area contributed by atoms with E-state index in [0.29, 0.717) is 0 Å². The van der Waals surface area contributed by atoms with E-state index in [2.05, 4.69) is 0 Å². The minimum atomic E-state index is -4.48. The molecule has 19 heavy (non-hydrogen) atoms. The second-order valence-corrected chi connectivity index (χ2v) is 3.95. The summed E-state index contributed by atoms with van der Waals surface area (Å²) < 4.78 is 38.9. The van der Waals surface area contributed by atoms with Crippen LogP contribution in [0.4, 0.5) is 13.2 Å². The first kappa shape index (κ1) is 13.1. The number of primary amides is 1. The number of amides is 1. The largest absolute Gasteiger partial charge is 0.417 e. The van der Waals surface area contributed by atoms with E-state index in [-0.39, 0.29) is 16.7 Å². The van der Waals surface area contributed by atoms with Crippen LogP contribution in [0.5, 0.6) is 0 Å². The van der Waals surface area contributed by atoms with Gasteiger partial charge in [0, 0.05) is 5.56 Å². The van der Waals surface area contributed by atoms with Crippen molar-refractivity contribution in [2.75, 3.05) is 0 Å². The molecule has 2 aromatic carbocycles. The molecule has 0 aliphatic rings. The van der Waals surface area contributed by atoms with Gasteiger partial charge in [-0.05, 0) is 23.3 Å². The second kappa shape index (κ2) is 4.76. The van der Waals surface area contributed by atoms with Crippen molar-refractivity contribution < 1.29 is 18.0 Å². The normalized spacial score (nSPS) is 11.3. The molecule has 98 valence electrons. The molecule has 1 amide bonds. The molecule has 0 saturated carbocycles. The van der Waals surface area contributed by atoms with E-state index in [1.807, 2.05) is 0 Å². The van der Waals surface area contributed by atoms with Crippen LogP contribution in [0, 0.1) is 0 Å². The zero-order valence-corrected chi connectivity index (χ0v) is 9.74. The Kier molecular flexibility index (Phi) is 3.29. The van der Waals surface area contributed by atoms with Crippen molar-refractivity contribution >= 4 is 5.91 Å². The quantitative estimate of drug-likeness (QED) is 0.887. The predicted molar refractivity (Wildman–Crippen MR) is 65.4 cm³/mol. The molecular formula is C14H10F3NO. The Hall–Kier alpha value is -2.30. The lowest BCUT2D eigenvalue weighted by Gasteiger charge is -2.14. The number of hydrogen-bond donors (Lipinski definition) is 1. The molecule has 2 aromatic rings. The molecule has 0 aromatic heterocycles. The van der Waals surface area contributed by atoms with Crippen LogP contribution < -0.4 is 5.73 Å². The smallest absolute Gasteiger partial charge is 0.366 e. The van der Waals surface area contributed by atoms with Gasteiger partial charge in [0.2, 0.25) is 5.91 Å². The second-order valence-electron chi connectivity index (χ2n) is 3.95. The molecule has 0 aliphatic carbocycles. The molecule has 0 heterocycles. The number of hydrogen-bond acceptors (Lipinski definition) is 1. The van der Waals surface area contributed by atoms with E-state index in [1.54, 1.807) is 12.1 Å². The molecule has 2 N–H and O–H groups in total. The van der Waals surface area contributed by atoms with Gasteiger partial charge in [0.25, 0.3) is 0 Å². The van der Waals surface area contributed by atoms with Gasteiger partial charge in [-0.15, -0.1) is 0 Å². The van der Waals surface area contributed by atoms with Crippen molar-refractivity contribution in [1.82, 2.24) is 0 Å². The number of rotatable bonds is 2. The van der Waals surface area contributed by atoms with Crippen LogP contribution >= 0.6 is 0 Å². The van der Waals surface area contributed by atoms with Crippen molar-refractivity contribution in [3.63, 3.8) is 0 Å². The first-order valence-corrected chi connectivity index (χ1v) is 5.46. The molecule has 0 atom stereocenters. The van der Waals surface area contributed by atoms with Crippen LogP contribution in [0.25, 0.3) is 11.1 Å². The molecule has 0 aliphatic heterocycles. The maximum absolute atomic E-state index is 13.0. The Morgan fingerprint density at radius 3 is 2.00 bits per heavy atom. The average molecular weight is 265 g/mol. The summed E-state index contributed by atoms with van der Waals surface area (Å²) in [6.45, 7) is 0. The van der Waals surface area contributed by atoms with E-state index < -0.39 is 17.6 Å². The number of halogens is 3. The van der Waals surface area contributed by atoms with Gasteiger partial charge in [0.05, 0.1) is 5.56 Å². The summed E-state index contributed by atoms with van der Waals surface area (Å²) in [6, 6.07) is 11.1. The van der Waals surface area contributed by atoms with E-state index in [0.717, 1.165) is 6.07 Å². The highest BCUT2D eigenvalue weighted by Crippen LogP contribution is 2.37. The van der Waals surface area contributed by atoms with Crippen LogP contribution in [-0.4, -0.2) is 5.91 Å². The number of carbonyl (C=O) groups is 1. The maximum Gasteiger partial charge on any atom is 0.417 e. The van der Waals surface area contributed by atoms with Crippen molar-refractivity contribution in [3.05, 3.63) is 59.7 Å². The van der Waals surface area contributed by atoms with Gasteiger partial charge in [-0.1, -0.05) is 36.4 Å². The molecule has 0 fully saturated rings. The highest BCUT2D eigenvalue weighted by molar-refractivity contribution is 6.00. The van der Waals surface area contributed by atoms with Crippen LogP contribution in [-0.2, 0) is 6.18 Å². The van der Waals surface area contributed by atoms with E-state index in [1.165, 1.54) is 30.3 Å². The monoisotopic (exact) mass is 265 g/mol. The topological polar surface area (TPSA) is 43.1 Å². The Bertz CT molecular complexity index is 620. The van der Waals surface area contributed by atoms with Gasteiger partial charge in [-0.25, -0.2) is 0 Å². The third kappa shape index (κ3) is 2.59. The molecule has 0 unspecified atom stereocenters. The summed E-state index contributed by atoms with van der Waals surface area (Å²) in [6.07, 6.45) is -4.48. The van der Waals surface area contributed by atoms with Gasteiger partial charge in [0.15, 0.2) is 0 Å². The maximum atomic E-state index is 13.0. The van der Waals surface area contributed by atoms with Gasteiger partial charge in [-0.2, -0.15) is 13.2 Å². The minimum absolute atomic E-state index is 0.0515. The van der Waals surface area contributed by atoms with Crippen molar-refractivity contribution in [3.8, 4) is 11.1 Å². The van der Waals surface area contributed by atoms with Crippen molar-refractivity contribution in [2.45, 2.75) is 6.18 Å². The molecule has 0 spiro atoms. The molecule has 2 rings (SSSR count). The highest BCUT2D eigenvalue weighted by atomic mass is 19.4. The zero-order valence-electron chi connectivity index (χ0n) is 9.74. The Morgan fingerprint density at radius 1 is 0.895 bits per heavy atom. The lowest BCUT2D eigenvalue weighted by atomic mass is 9.95. The fourth-order valence-electron chi connectivity index (χ4n) is 1.90. The summed E-state index contributed by atoms with van der Waals surface area (Å²) in [7, 11) is 0. The fourth-order valence-corrected chi connectivity index (χ4v) is 1.90. The summed E-state index contributed by atoms with van der Waals surface area (Å²) in [4.78, 5) is 11.3. The van der Waals surface area contributed by atoms with E-state index >= 15 is 0 Å². The van der Waals surface area contributed by atoms with Gasteiger partial charge < -0.3 is 5.73 Å². The molecular weight excluding hydrogens is 255 g/mol. The predicted octanol–water partition coefficient (Wildman–Crippen LogP) is 3.47. The van der Waals surface area contributed by atoms with Crippen LogP contribution in [0.15, 0.2) is 48.5 Å². The summed E-state index contributed by atoms with van der Waals surface area (Å²) in [5, 5.41) is 0. The zero-order chi connectivity index (χ0) is 14.0. The Morgan fingerprint density at radius 2 is 1.42 bits per heavy atom. The highest BCUT2D eigenvalue weighted by Gasteiger charge is 2.33. The number of carbonyl (C=O) groups excluding carboxylic acids is 1. The van der Waals surface area contributed by atoms with Crippen molar-refractivity contribution in [2.24, 2.45) is 5.73 Å². The van der Waals surface area contributed by atoms with Crippen LogP contribution in [0.2, 0.25) is 0 Å². The summed E-state index contributed by atoms with van der Waals surface area (Å²) >= 11 is 0. The molecule has 0 saturated heterocycles. The lowest BCUT2D eigenvalue weighted by molar-refractivity contribution is -0.137. The Labute approximate surface area is 107 Å². The summed E-state index contributed by atoms with van der Waals surface area (Å²) in [5.74, 6) is -0.757. The third-order valence-electron chi connectivity index (χ3n) is 2.72. The third-order valence-corrected chi connectivity index (χ3v) is 2.72. The standard InChI is InChI=1S/C14H10F3NO/c15-14(16,17)12-8-4-3-6-10(12)9-5-1-2-7-11(9)13(18)19/h1-8H,(H2,18,19). The molecule has 5 heteroatoms. The fraction of sp³-hybridized carbons (Fsp3) is 0.0714. The number of benzene rings is 2. The van der Waals surface area contributed by atoms with Gasteiger partial charge in [-0.3, -0.25) is 4.79 Å². The lowest BCUT2D eigenvalue weighted by Crippen LogP contribution is -2.14. The van der Waals surface area contributed by atoms with Crippen molar-refractivity contribution in [1.29, 1.82) is 0 Å². The molecule has 0 radical (unpaired) electrons. The number of alkyl halides is 3. The van der Waals surface area contributed by atoms with E-state index in [4.69, 9.17) is 5.73 Å². The van der Waals surface area contributed by atoms with E-state index in [9.17, 15) is 18.0 Å². The first-order chi connectivity index (χ1) is 8.91. The molecule has 0 bridgehead atoms. The minimum Gasteiger partial charge on any atom is -0.366 e. The van der Waals surface area contributed by atoms with Gasteiger partial charge >= 0.3 is 6.18 Å². The summed E-state index contributed by atoms with van der Waals surface area (Å²) in [5.41, 5.74) is 4.60. The van der Waals surface area contributed by atoms with Gasteiger partial charge in [0.1, 0.15) is 0 Å². The first-order valence-electron chi connectivity index (χ1n) is 5.46. The number of nitrogens with two attached hydrogens (primary N) is 1. The SMILES string of the molecule is NC(=O)c1ccccc1-c1ccccc1C(F)(F)F. The van der Waals surface area contributed by atoms with Crippen LogP contribution in [0.3, 0.4) is 0 Å². The van der Waals surface area contributed by atoms with Crippen LogP contribution in [0.1, 0.15) is 15.9 Å². The molecule has 2 nitrogen and oxygen atoms in total. The average Bonchev–Trinajstić information content (AvgIpc) is 2.37. The Balaban J connectivity index is 2.70.